The zero-order chi connectivity index (χ0) is 16.8. The molecule has 2 aromatic rings. The zero-order valence-corrected chi connectivity index (χ0v) is 13.5. The van der Waals surface area contributed by atoms with E-state index in [1.165, 1.54) is 23.5 Å². The molecule has 0 radical (unpaired) electrons. The van der Waals surface area contributed by atoms with E-state index in [0.29, 0.717) is 0 Å². The van der Waals surface area contributed by atoms with E-state index in [9.17, 15) is 13.6 Å². The maximum Gasteiger partial charge on any atom is 0.387 e. The first-order valence-electron chi connectivity index (χ1n) is 6.94. The predicted molar refractivity (Wildman–Crippen MR) is 83.7 cm³/mol. The van der Waals surface area contributed by atoms with Gasteiger partial charge in [0.1, 0.15) is 10.8 Å². The number of benzene rings is 1. The lowest BCUT2D eigenvalue weighted by atomic mass is 10.2. The summed E-state index contributed by atoms with van der Waals surface area (Å²) >= 11 is 1.49. The van der Waals surface area contributed by atoms with Gasteiger partial charge < -0.3 is 15.4 Å². The molecule has 1 aromatic carbocycles. The number of rotatable bonds is 6. The Hall–Kier alpha value is -2.22. The summed E-state index contributed by atoms with van der Waals surface area (Å²) in [6.45, 7) is 1.19. The minimum Gasteiger partial charge on any atom is -0.435 e. The van der Waals surface area contributed by atoms with E-state index in [1.54, 1.807) is 12.1 Å². The molecule has 5 nitrogen and oxygen atoms in total. The molecule has 0 unspecified atom stereocenters. The number of thiazole rings is 1. The summed E-state index contributed by atoms with van der Waals surface area (Å²) in [7, 11) is 0. The Bertz CT molecular complexity index is 646. The molecular formula is C15H17F2N3O2S. The van der Waals surface area contributed by atoms with Gasteiger partial charge >= 0.3 is 12.6 Å². The standard InChI is InChI=1S/C15H17F2N3O2S/c1-9-8-23-13(19-9)10(2)20-15(21)18-7-11-3-5-12(6-4-11)22-14(16)17/h3-6,8,10,14H,7H2,1-2H3,(H2,18,20,21)/t10-/m0/s1. The van der Waals surface area contributed by atoms with E-state index in [2.05, 4.69) is 20.4 Å². The average Bonchev–Trinajstić information content (AvgIpc) is 2.93. The number of nitrogens with zero attached hydrogens (tertiary/aromatic N) is 1. The Kier molecular flexibility index (Phi) is 5.86. The van der Waals surface area contributed by atoms with Crippen molar-refractivity contribution in [1.29, 1.82) is 0 Å². The van der Waals surface area contributed by atoms with Gasteiger partial charge in [-0.05, 0) is 31.5 Å². The molecule has 0 aliphatic carbocycles. The van der Waals surface area contributed by atoms with Gasteiger partial charge in [-0.25, -0.2) is 9.78 Å². The monoisotopic (exact) mass is 341 g/mol. The largest absolute Gasteiger partial charge is 0.435 e. The molecule has 8 heteroatoms. The molecule has 0 bridgehead atoms. The fraction of sp³-hybridized carbons (Fsp3) is 0.333. The number of carbonyl (C=O) groups excluding carboxylic acids is 1. The number of aryl methyl sites for hydroxylation is 1. The first-order valence-corrected chi connectivity index (χ1v) is 7.82. The van der Waals surface area contributed by atoms with Crippen LogP contribution in [0.1, 0.15) is 29.2 Å². The Morgan fingerprint density at radius 1 is 1.35 bits per heavy atom. The molecule has 2 amide bonds. The van der Waals surface area contributed by atoms with Crippen LogP contribution in [0.3, 0.4) is 0 Å². The van der Waals surface area contributed by atoms with Gasteiger partial charge in [0.15, 0.2) is 0 Å². The van der Waals surface area contributed by atoms with E-state index in [0.717, 1.165) is 16.3 Å². The van der Waals surface area contributed by atoms with Gasteiger partial charge in [0.2, 0.25) is 0 Å². The molecule has 0 saturated carbocycles. The average molecular weight is 341 g/mol. The van der Waals surface area contributed by atoms with E-state index >= 15 is 0 Å². The molecule has 1 heterocycles. The molecule has 2 N–H and O–H groups in total. The van der Waals surface area contributed by atoms with Crippen LogP contribution in [0.2, 0.25) is 0 Å². The van der Waals surface area contributed by atoms with Crippen molar-refractivity contribution in [3.63, 3.8) is 0 Å². The van der Waals surface area contributed by atoms with Crippen molar-refractivity contribution in [3.8, 4) is 5.75 Å². The molecule has 0 fully saturated rings. The minimum absolute atomic E-state index is 0.0842. The molecular weight excluding hydrogens is 324 g/mol. The number of hydrogen-bond donors (Lipinski definition) is 2. The third kappa shape index (κ3) is 5.48. The molecule has 0 aliphatic heterocycles. The molecule has 1 atom stereocenters. The summed E-state index contributed by atoms with van der Waals surface area (Å²) in [5.41, 5.74) is 1.70. The summed E-state index contributed by atoms with van der Waals surface area (Å²) in [5, 5.41) is 8.26. The Morgan fingerprint density at radius 3 is 2.61 bits per heavy atom. The quantitative estimate of drug-likeness (QED) is 0.844. The first kappa shape index (κ1) is 17.1. The van der Waals surface area contributed by atoms with Gasteiger partial charge in [-0.1, -0.05) is 12.1 Å². The van der Waals surface area contributed by atoms with Gasteiger partial charge in [0.25, 0.3) is 0 Å². The highest BCUT2D eigenvalue weighted by atomic mass is 32.1. The number of aromatic nitrogens is 1. The van der Waals surface area contributed by atoms with Crippen LogP contribution in [-0.4, -0.2) is 17.6 Å². The minimum atomic E-state index is -2.85. The molecule has 0 aliphatic rings. The number of nitrogens with one attached hydrogen (secondary N) is 2. The molecule has 124 valence electrons. The number of carbonyl (C=O) groups is 1. The van der Waals surface area contributed by atoms with Crippen molar-refractivity contribution in [3.05, 3.63) is 45.9 Å². The van der Waals surface area contributed by atoms with Crippen molar-refractivity contribution in [2.75, 3.05) is 0 Å². The predicted octanol–water partition coefficient (Wildman–Crippen LogP) is 3.61. The van der Waals surface area contributed by atoms with Crippen molar-refractivity contribution in [2.45, 2.75) is 33.0 Å². The normalized spacial score (nSPS) is 12.0. The van der Waals surface area contributed by atoms with Crippen LogP contribution in [0.5, 0.6) is 5.75 Å². The second-order valence-corrected chi connectivity index (χ2v) is 5.79. The number of hydrogen-bond acceptors (Lipinski definition) is 4. The smallest absolute Gasteiger partial charge is 0.387 e. The molecule has 0 spiro atoms. The summed E-state index contributed by atoms with van der Waals surface area (Å²) in [6, 6.07) is 5.59. The van der Waals surface area contributed by atoms with Crippen molar-refractivity contribution in [1.82, 2.24) is 15.6 Å². The number of amides is 2. The fourth-order valence-corrected chi connectivity index (χ4v) is 2.66. The summed E-state index contributed by atoms with van der Waals surface area (Å²) in [6.07, 6.45) is 0. The van der Waals surface area contributed by atoms with Gasteiger partial charge in [-0.2, -0.15) is 8.78 Å². The maximum atomic E-state index is 12.0. The van der Waals surface area contributed by atoms with Crippen LogP contribution in [0.25, 0.3) is 0 Å². The Morgan fingerprint density at radius 2 is 2.04 bits per heavy atom. The third-order valence-electron chi connectivity index (χ3n) is 2.96. The number of urea groups is 1. The highest BCUT2D eigenvalue weighted by molar-refractivity contribution is 7.09. The van der Waals surface area contributed by atoms with Gasteiger partial charge in [-0.3, -0.25) is 0 Å². The summed E-state index contributed by atoms with van der Waals surface area (Å²) < 4.78 is 28.4. The van der Waals surface area contributed by atoms with Crippen molar-refractivity contribution >= 4 is 17.4 Å². The first-order chi connectivity index (χ1) is 10.9. The van der Waals surface area contributed by atoms with Crippen molar-refractivity contribution < 1.29 is 18.3 Å². The molecule has 23 heavy (non-hydrogen) atoms. The lowest BCUT2D eigenvalue weighted by Gasteiger charge is -2.12. The van der Waals surface area contributed by atoms with E-state index < -0.39 is 6.61 Å². The van der Waals surface area contributed by atoms with Crippen LogP contribution in [0.15, 0.2) is 29.6 Å². The highest BCUT2D eigenvalue weighted by Gasteiger charge is 2.12. The molecule has 1 aromatic heterocycles. The lowest BCUT2D eigenvalue weighted by molar-refractivity contribution is -0.0498. The van der Waals surface area contributed by atoms with E-state index in [4.69, 9.17) is 0 Å². The Balaban J connectivity index is 1.79. The maximum absolute atomic E-state index is 12.0. The number of halogens is 2. The number of ether oxygens (including phenoxy) is 1. The molecule has 2 rings (SSSR count). The van der Waals surface area contributed by atoms with Gasteiger partial charge in [0.05, 0.1) is 6.04 Å². The fourth-order valence-electron chi connectivity index (χ4n) is 1.85. The Labute approximate surface area is 136 Å². The highest BCUT2D eigenvalue weighted by Crippen LogP contribution is 2.17. The third-order valence-corrected chi connectivity index (χ3v) is 4.10. The molecule has 0 saturated heterocycles. The zero-order valence-electron chi connectivity index (χ0n) is 12.7. The van der Waals surface area contributed by atoms with Crippen LogP contribution in [0.4, 0.5) is 13.6 Å². The van der Waals surface area contributed by atoms with Crippen LogP contribution in [-0.2, 0) is 6.54 Å². The van der Waals surface area contributed by atoms with Gasteiger partial charge in [0, 0.05) is 17.6 Å². The van der Waals surface area contributed by atoms with Crippen molar-refractivity contribution in [2.24, 2.45) is 0 Å². The summed E-state index contributed by atoms with van der Waals surface area (Å²) in [4.78, 5) is 16.2. The second-order valence-electron chi connectivity index (χ2n) is 4.90. The van der Waals surface area contributed by atoms with Crippen LogP contribution >= 0.6 is 11.3 Å². The lowest BCUT2D eigenvalue weighted by Crippen LogP contribution is -2.36. The summed E-state index contributed by atoms with van der Waals surface area (Å²) in [5.74, 6) is 0.0842. The topological polar surface area (TPSA) is 63.2 Å². The SMILES string of the molecule is Cc1csc([C@H](C)NC(=O)NCc2ccc(OC(F)F)cc2)n1. The van der Waals surface area contributed by atoms with Crippen LogP contribution in [0, 0.1) is 6.92 Å². The van der Waals surface area contributed by atoms with Crippen LogP contribution < -0.4 is 15.4 Å². The van der Waals surface area contributed by atoms with Gasteiger partial charge in [-0.15, -0.1) is 11.3 Å². The van der Waals surface area contributed by atoms with E-state index in [-0.39, 0.29) is 24.4 Å². The second kappa shape index (κ2) is 7.87. The van der Waals surface area contributed by atoms with E-state index in [1.807, 2.05) is 19.2 Å². The number of alkyl halides is 2.